The SMILES string of the molecule is CC(=O)N1CCC[C@@H](C(=O)Nc2ccc(CC#N)cc2)C1. The Balaban J connectivity index is 1.94. The van der Waals surface area contributed by atoms with Crippen LogP contribution in [0, 0.1) is 17.2 Å². The maximum absolute atomic E-state index is 12.2. The van der Waals surface area contributed by atoms with Crippen molar-refractivity contribution in [2.45, 2.75) is 26.2 Å². The summed E-state index contributed by atoms with van der Waals surface area (Å²) < 4.78 is 0. The molecule has 1 aliphatic heterocycles. The molecule has 0 unspecified atom stereocenters. The number of carbonyl (C=O) groups is 2. The Labute approximate surface area is 124 Å². The summed E-state index contributed by atoms with van der Waals surface area (Å²) in [6.45, 7) is 2.77. The van der Waals surface area contributed by atoms with Gasteiger partial charge in [0.1, 0.15) is 0 Å². The minimum atomic E-state index is -0.151. The third-order valence-electron chi connectivity index (χ3n) is 3.74. The van der Waals surface area contributed by atoms with Crippen molar-refractivity contribution in [1.82, 2.24) is 4.90 Å². The van der Waals surface area contributed by atoms with Gasteiger partial charge in [0.05, 0.1) is 18.4 Å². The van der Waals surface area contributed by atoms with E-state index in [0.29, 0.717) is 13.0 Å². The molecule has 0 aromatic heterocycles. The molecule has 0 aliphatic carbocycles. The first kappa shape index (κ1) is 15.0. The van der Waals surface area contributed by atoms with Crippen LogP contribution in [0.15, 0.2) is 24.3 Å². The van der Waals surface area contributed by atoms with E-state index in [4.69, 9.17) is 5.26 Å². The number of carbonyl (C=O) groups excluding carboxylic acids is 2. The monoisotopic (exact) mass is 285 g/mol. The average molecular weight is 285 g/mol. The van der Waals surface area contributed by atoms with Crippen molar-refractivity contribution in [3.05, 3.63) is 29.8 Å². The molecule has 5 nitrogen and oxygen atoms in total. The first-order valence-electron chi connectivity index (χ1n) is 7.12. The number of piperidine rings is 1. The van der Waals surface area contributed by atoms with Crippen molar-refractivity contribution >= 4 is 17.5 Å². The van der Waals surface area contributed by atoms with E-state index < -0.39 is 0 Å². The van der Waals surface area contributed by atoms with Crippen LogP contribution in [0.1, 0.15) is 25.3 Å². The lowest BCUT2D eigenvalue weighted by Crippen LogP contribution is -2.42. The van der Waals surface area contributed by atoms with Crippen LogP contribution in [-0.2, 0) is 16.0 Å². The molecule has 1 saturated heterocycles. The highest BCUT2D eigenvalue weighted by atomic mass is 16.2. The Morgan fingerprint density at radius 1 is 1.38 bits per heavy atom. The smallest absolute Gasteiger partial charge is 0.229 e. The fourth-order valence-electron chi connectivity index (χ4n) is 2.52. The van der Waals surface area contributed by atoms with Gasteiger partial charge in [-0.1, -0.05) is 12.1 Å². The number of nitrogens with one attached hydrogen (secondary N) is 1. The number of hydrogen-bond donors (Lipinski definition) is 1. The topological polar surface area (TPSA) is 73.2 Å². The van der Waals surface area contributed by atoms with Crippen molar-refractivity contribution in [3.63, 3.8) is 0 Å². The first-order chi connectivity index (χ1) is 10.1. The van der Waals surface area contributed by atoms with Gasteiger partial charge in [0.2, 0.25) is 11.8 Å². The van der Waals surface area contributed by atoms with Crippen molar-refractivity contribution in [2.24, 2.45) is 5.92 Å². The summed E-state index contributed by atoms with van der Waals surface area (Å²) in [7, 11) is 0. The van der Waals surface area contributed by atoms with Crippen LogP contribution >= 0.6 is 0 Å². The minimum Gasteiger partial charge on any atom is -0.342 e. The van der Waals surface area contributed by atoms with Crippen LogP contribution in [0.2, 0.25) is 0 Å². The number of benzene rings is 1. The summed E-state index contributed by atoms with van der Waals surface area (Å²) in [6, 6.07) is 9.36. The number of rotatable bonds is 3. The van der Waals surface area contributed by atoms with Gasteiger partial charge in [0, 0.05) is 25.7 Å². The molecule has 5 heteroatoms. The second kappa shape index (κ2) is 6.89. The quantitative estimate of drug-likeness (QED) is 0.922. The second-order valence-corrected chi connectivity index (χ2v) is 5.33. The van der Waals surface area contributed by atoms with Crippen LogP contribution < -0.4 is 5.32 Å². The molecule has 0 bridgehead atoms. The van der Waals surface area contributed by atoms with E-state index in [1.54, 1.807) is 17.0 Å². The molecule has 0 saturated carbocycles. The molecule has 2 rings (SSSR count). The summed E-state index contributed by atoms with van der Waals surface area (Å²) in [5.41, 5.74) is 1.65. The standard InChI is InChI=1S/C16H19N3O2/c1-12(20)19-10-2-3-14(11-19)16(21)18-15-6-4-13(5-7-15)8-9-17/h4-7,14H,2-3,8,10-11H2,1H3,(H,18,21)/t14-/m1/s1. The van der Waals surface area contributed by atoms with Gasteiger partial charge in [-0.05, 0) is 30.5 Å². The highest BCUT2D eigenvalue weighted by Gasteiger charge is 2.26. The highest BCUT2D eigenvalue weighted by molar-refractivity contribution is 5.93. The lowest BCUT2D eigenvalue weighted by molar-refractivity contribution is -0.132. The van der Waals surface area contributed by atoms with Crippen molar-refractivity contribution in [2.75, 3.05) is 18.4 Å². The van der Waals surface area contributed by atoms with Gasteiger partial charge in [-0.3, -0.25) is 9.59 Å². The van der Waals surface area contributed by atoms with Crippen LogP contribution in [0.5, 0.6) is 0 Å². The summed E-state index contributed by atoms with van der Waals surface area (Å²) in [5, 5.41) is 11.5. The first-order valence-corrected chi connectivity index (χ1v) is 7.12. The molecule has 1 aromatic rings. The maximum atomic E-state index is 12.2. The molecular weight excluding hydrogens is 266 g/mol. The van der Waals surface area contributed by atoms with Gasteiger partial charge in [-0.15, -0.1) is 0 Å². The fourth-order valence-corrected chi connectivity index (χ4v) is 2.52. The Morgan fingerprint density at radius 3 is 2.71 bits per heavy atom. The summed E-state index contributed by atoms with van der Waals surface area (Å²) in [4.78, 5) is 25.4. The van der Waals surface area contributed by atoms with Crippen molar-refractivity contribution in [3.8, 4) is 6.07 Å². The Morgan fingerprint density at radius 2 is 2.10 bits per heavy atom. The molecule has 1 N–H and O–H groups in total. The predicted octanol–water partition coefficient (Wildman–Crippen LogP) is 1.95. The third kappa shape index (κ3) is 4.06. The van der Waals surface area contributed by atoms with Crippen LogP contribution in [-0.4, -0.2) is 29.8 Å². The van der Waals surface area contributed by atoms with Crippen LogP contribution in [0.3, 0.4) is 0 Å². The third-order valence-corrected chi connectivity index (χ3v) is 3.74. The van der Waals surface area contributed by atoms with Crippen LogP contribution in [0.4, 0.5) is 5.69 Å². The summed E-state index contributed by atoms with van der Waals surface area (Å²) in [5.74, 6) is -0.177. The van der Waals surface area contributed by atoms with E-state index in [2.05, 4.69) is 11.4 Å². The number of hydrogen-bond acceptors (Lipinski definition) is 3. The molecule has 1 aromatic carbocycles. The maximum Gasteiger partial charge on any atom is 0.229 e. The lowest BCUT2D eigenvalue weighted by atomic mass is 9.97. The molecule has 21 heavy (non-hydrogen) atoms. The Kier molecular flexibility index (Phi) is 4.94. The van der Waals surface area contributed by atoms with Gasteiger partial charge < -0.3 is 10.2 Å². The van der Waals surface area contributed by atoms with E-state index in [-0.39, 0.29) is 17.7 Å². The van der Waals surface area contributed by atoms with Gasteiger partial charge >= 0.3 is 0 Å². The second-order valence-electron chi connectivity index (χ2n) is 5.33. The molecule has 110 valence electrons. The van der Waals surface area contributed by atoms with Gasteiger partial charge in [0.15, 0.2) is 0 Å². The van der Waals surface area contributed by atoms with E-state index in [0.717, 1.165) is 30.6 Å². The zero-order valence-corrected chi connectivity index (χ0v) is 12.1. The normalized spacial score (nSPS) is 17.9. The average Bonchev–Trinajstić information content (AvgIpc) is 2.49. The Hall–Kier alpha value is -2.35. The van der Waals surface area contributed by atoms with Gasteiger partial charge in [-0.2, -0.15) is 5.26 Å². The van der Waals surface area contributed by atoms with E-state index in [1.165, 1.54) is 6.92 Å². The van der Waals surface area contributed by atoms with Crippen LogP contribution in [0.25, 0.3) is 0 Å². The molecule has 1 atom stereocenters. The van der Waals surface area contributed by atoms with E-state index >= 15 is 0 Å². The predicted molar refractivity (Wildman–Crippen MR) is 79.4 cm³/mol. The number of amides is 2. The van der Waals surface area contributed by atoms with E-state index in [9.17, 15) is 9.59 Å². The van der Waals surface area contributed by atoms with Gasteiger partial charge in [0.25, 0.3) is 0 Å². The number of nitriles is 1. The molecule has 1 aliphatic rings. The molecule has 1 heterocycles. The summed E-state index contributed by atoms with van der Waals surface area (Å²) in [6.07, 6.45) is 2.03. The van der Waals surface area contributed by atoms with E-state index in [1.807, 2.05) is 12.1 Å². The molecule has 0 spiro atoms. The van der Waals surface area contributed by atoms with Gasteiger partial charge in [-0.25, -0.2) is 0 Å². The largest absolute Gasteiger partial charge is 0.342 e. The minimum absolute atomic E-state index is 0.0216. The highest BCUT2D eigenvalue weighted by Crippen LogP contribution is 2.19. The molecule has 1 fully saturated rings. The lowest BCUT2D eigenvalue weighted by Gasteiger charge is -2.31. The molecule has 0 radical (unpaired) electrons. The summed E-state index contributed by atoms with van der Waals surface area (Å²) >= 11 is 0. The molecule has 2 amide bonds. The number of likely N-dealkylation sites (tertiary alicyclic amines) is 1. The number of nitrogens with zero attached hydrogens (tertiary/aromatic N) is 2. The fraction of sp³-hybridized carbons (Fsp3) is 0.438. The zero-order valence-electron chi connectivity index (χ0n) is 12.1. The van der Waals surface area contributed by atoms with Crippen molar-refractivity contribution < 1.29 is 9.59 Å². The van der Waals surface area contributed by atoms with Crippen molar-refractivity contribution in [1.29, 1.82) is 5.26 Å². The Bertz CT molecular complexity index is 560. The molecular formula is C16H19N3O2. The number of anilines is 1. The zero-order chi connectivity index (χ0) is 15.2.